The minimum absolute atomic E-state index is 0.216. The second kappa shape index (κ2) is 12.9. The smallest absolute Gasteiger partial charge is 0.252 e. The van der Waals surface area contributed by atoms with Crippen LogP contribution in [0.15, 0.2) is 40.6 Å². The van der Waals surface area contributed by atoms with Gasteiger partial charge >= 0.3 is 0 Å². The zero-order valence-corrected chi connectivity index (χ0v) is 21.6. The third-order valence-electron chi connectivity index (χ3n) is 5.88. The highest BCUT2D eigenvalue weighted by Crippen LogP contribution is 2.27. The number of hydrogen-bond donors (Lipinski definition) is 2. The summed E-state index contributed by atoms with van der Waals surface area (Å²) in [5.41, 5.74) is 0.514. The maximum absolute atomic E-state index is 13.1. The van der Waals surface area contributed by atoms with Gasteiger partial charge in [0.05, 0.1) is 6.54 Å². The molecule has 1 aromatic carbocycles. The van der Waals surface area contributed by atoms with Gasteiger partial charge in [-0.25, -0.2) is 8.42 Å². The molecule has 1 aliphatic rings. The molecule has 2 aromatic rings. The van der Waals surface area contributed by atoms with E-state index in [1.165, 1.54) is 43.4 Å². The first kappa shape index (κ1) is 26.2. The number of halogens is 1. The lowest BCUT2D eigenvalue weighted by molar-refractivity contribution is 0.0951. The number of nitrogens with one attached hydrogen (secondary N) is 2. The zero-order valence-electron chi connectivity index (χ0n) is 19.2. The van der Waals surface area contributed by atoms with Crippen LogP contribution in [0.1, 0.15) is 67.1 Å². The molecule has 1 aromatic heterocycles. The van der Waals surface area contributed by atoms with Gasteiger partial charge in [-0.15, -0.1) is 11.3 Å². The molecule has 1 fully saturated rings. The van der Waals surface area contributed by atoms with Gasteiger partial charge in [0.1, 0.15) is 4.21 Å². The summed E-state index contributed by atoms with van der Waals surface area (Å²) in [5, 5.41) is 6.93. The molecule has 1 amide bonds. The lowest BCUT2D eigenvalue weighted by Crippen LogP contribution is -2.35. The third-order valence-corrected chi connectivity index (χ3v) is 9.54. The Bertz CT molecular complexity index is 993. The number of unbranched alkanes of at least 4 members (excludes halogenated alkanes) is 5. The van der Waals surface area contributed by atoms with Crippen LogP contribution in [0.25, 0.3) is 0 Å². The molecule has 0 aliphatic carbocycles. The quantitative estimate of drug-likeness (QED) is 0.369. The van der Waals surface area contributed by atoms with Crippen molar-refractivity contribution in [2.24, 2.45) is 0 Å². The molecule has 182 valence electrons. The van der Waals surface area contributed by atoms with Crippen molar-refractivity contribution in [2.75, 3.05) is 19.6 Å². The Morgan fingerprint density at radius 2 is 1.82 bits per heavy atom. The molecule has 6 nitrogen and oxygen atoms in total. The Morgan fingerprint density at radius 3 is 2.58 bits per heavy atom. The molecule has 1 atom stereocenters. The van der Waals surface area contributed by atoms with E-state index < -0.39 is 10.0 Å². The predicted octanol–water partition coefficient (Wildman–Crippen LogP) is 5.04. The topological polar surface area (TPSA) is 78.5 Å². The summed E-state index contributed by atoms with van der Waals surface area (Å²) in [6, 6.07) is 10.3. The summed E-state index contributed by atoms with van der Waals surface area (Å²) in [4.78, 5) is 13.1. The van der Waals surface area contributed by atoms with E-state index >= 15 is 0 Å². The molecule has 2 heterocycles. The zero-order chi connectivity index (χ0) is 23.7. The summed E-state index contributed by atoms with van der Waals surface area (Å²) < 4.78 is 28.0. The van der Waals surface area contributed by atoms with Crippen LogP contribution in [-0.4, -0.2) is 44.3 Å². The van der Waals surface area contributed by atoms with Crippen LogP contribution in [0.4, 0.5) is 0 Å². The number of sulfonamides is 1. The molecule has 1 unspecified atom stereocenters. The summed E-state index contributed by atoms with van der Waals surface area (Å²) in [7, 11) is -3.51. The minimum atomic E-state index is -3.51. The fraction of sp³-hybridized carbons (Fsp3) is 0.542. The van der Waals surface area contributed by atoms with E-state index in [0.717, 1.165) is 24.3 Å². The maximum atomic E-state index is 13.1. The fourth-order valence-corrected chi connectivity index (χ4v) is 6.99. The summed E-state index contributed by atoms with van der Waals surface area (Å²) in [5.74, 6) is -0.219. The van der Waals surface area contributed by atoms with E-state index in [0.29, 0.717) is 27.9 Å². The molecule has 2 N–H and O–H groups in total. The third kappa shape index (κ3) is 7.79. The first-order valence-corrected chi connectivity index (χ1v) is 14.4. The van der Waals surface area contributed by atoms with Crippen LogP contribution < -0.4 is 10.6 Å². The molecule has 1 aliphatic heterocycles. The van der Waals surface area contributed by atoms with Gasteiger partial charge < -0.3 is 10.6 Å². The van der Waals surface area contributed by atoms with Crippen molar-refractivity contribution in [3.63, 3.8) is 0 Å². The predicted molar refractivity (Wildman–Crippen MR) is 135 cm³/mol. The van der Waals surface area contributed by atoms with Gasteiger partial charge in [-0.05, 0) is 55.8 Å². The van der Waals surface area contributed by atoms with Crippen LogP contribution in [0, 0.1) is 0 Å². The van der Waals surface area contributed by atoms with Gasteiger partial charge in [0.25, 0.3) is 15.9 Å². The molecule has 0 radical (unpaired) electrons. The van der Waals surface area contributed by atoms with Crippen molar-refractivity contribution in [3.8, 4) is 0 Å². The van der Waals surface area contributed by atoms with Gasteiger partial charge in [0.2, 0.25) is 0 Å². The largest absolute Gasteiger partial charge is 0.347 e. The van der Waals surface area contributed by atoms with E-state index in [4.69, 9.17) is 11.6 Å². The lowest BCUT2D eigenvalue weighted by Gasteiger charge is -2.16. The Kier molecular flexibility index (Phi) is 10.2. The molecule has 33 heavy (non-hydrogen) atoms. The second-order valence-electron chi connectivity index (χ2n) is 8.48. The summed E-state index contributed by atoms with van der Waals surface area (Å²) in [6.45, 7) is 4.50. The molecular formula is C24H34ClN3O3S2. The van der Waals surface area contributed by atoms with Gasteiger partial charge in [0, 0.05) is 34.6 Å². The van der Waals surface area contributed by atoms with Crippen molar-refractivity contribution in [3.05, 3.63) is 51.9 Å². The van der Waals surface area contributed by atoms with E-state index in [1.807, 2.05) is 0 Å². The van der Waals surface area contributed by atoms with Crippen molar-refractivity contribution < 1.29 is 13.2 Å². The number of carbonyl (C=O) groups excluding carboxylic acids is 1. The van der Waals surface area contributed by atoms with E-state index in [-0.39, 0.29) is 18.5 Å². The Balaban J connectivity index is 1.44. The van der Waals surface area contributed by atoms with Gasteiger partial charge in [0.15, 0.2) is 0 Å². The van der Waals surface area contributed by atoms with Crippen LogP contribution >= 0.6 is 22.9 Å². The molecule has 0 saturated carbocycles. The van der Waals surface area contributed by atoms with Crippen LogP contribution in [0.5, 0.6) is 0 Å². The van der Waals surface area contributed by atoms with Gasteiger partial charge in [-0.3, -0.25) is 4.79 Å². The van der Waals surface area contributed by atoms with Gasteiger partial charge in [-0.1, -0.05) is 50.6 Å². The van der Waals surface area contributed by atoms with E-state index in [1.54, 1.807) is 40.7 Å². The number of hydrogen-bond acceptors (Lipinski definition) is 5. The van der Waals surface area contributed by atoms with E-state index in [9.17, 15) is 13.2 Å². The minimum Gasteiger partial charge on any atom is -0.347 e. The van der Waals surface area contributed by atoms with Gasteiger partial charge in [-0.2, -0.15) is 4.31 Å². The number of carbonyl (C=O) groups is 1. The Labute approximate surface area is 206 Å². The number of amides is 1. The number of benzene rings is 1. The summed E-state index contributed by atoms with van der Waals surface area (Å²) >= 11 is 7.07. The molecule has 0 spiro atoms. The first-order chi connectivity index (χ1) is 15.9. The van der Waals surface area contributed by atoms with Crippen LogP contribution in [0.3, 0.4) is 0 Å². The van der Waals surface area contributed by atoms with Crippen molar-refractivity contribution in [1.29, 1.82) is 0 Å². The number of nitrogens with zero attached hydrogens (tertiary/aromatic N) is 1. The van der Waals surface area contributed by atoms with Crippen molar-refractivity contribution in [2.45, 2.75) is 68.7 Å². The average Bonchev–Trinajstić information content (AvgIpc) is 3.48. The highest BCUT2D eigenvalue weighted by Gasteiger charge is 2.33. The molecular weight excluding hydrogens is 478 g/mol. The van der Waals surface area contributed by atoms with Crippen LogP contribution in [-0.2, 0) is 16.6 Å². The van der Waals surface area contributed by atoms with Crippen molar-refractivity contribution >= 4 is 38.9 Å². The Morgan fingerprint density at radius 1 is 1.09 bits per heavy atom. The van der Waals surface area contributed by atoms with E-state index in [2.05, 4.69) is 17.6 Å². The molecule has 3 rings (SSSR count). The lowest BCUT2D eigenvalue weighted by atomic mass is 10.1. The first-order valence-electron chi connectivity index (χ1n) is 11.8. The Hall–Kier alpha value is -1.45. The normalized spacial score (nSPS) is 16.8. The summed E-state index contributed by atoms with van der Waals surface area (Å²) in [6.07, 6.45) is 8.36. The maximum Gasteiger partial charge on any atom is 0.252 e. The SMILES string of the molecule is CCCCCCCCNC1CCN(S(=O)(=O)c2ccc(CNC(=O)c3ccc(Cl)cc3)s2)C1. The van der Waals surface area contributed by atoms with Crippen molar-refractivity contribution in [1.82, 2.24) is 14.9 Å². The van der Waals surface area contributed by atoms with Crippen LogP contribution in [0.2, 0.25) is 5.02 Å². The monoisotopic (exact) mass is 511 g/mol. The second-order valence-corrected chi connectivity index (χ2v) is 12.3. The molecule has 0 bridgehead atoms. The highest BCUT2D eigenvalue weighted by atomic mass is 35.5. The molecule has 9 heteroatoms. The number of rotatable bonds is 13. The highest BCUT2D eigenvalue weighted by molar-refractivity contribution is 7.91. The average molecular weight is 512 g/mol. The standard InChI is InChI=1S/C24H34ClN3O3S2/c1-2-3-4-5-6-7-15-26-21-14-16-28(18-21)33(30,31)23-13-12-22(32-23)17-27-24(29)19-8-10-20(25)11-9-19/h8-13,21,26H,2-7,14-18H2,1H3,(H,27,29). The fourth-order valence-electron chi connectivity index (χ4n) is 3.91. The number of thiophene rings is 1. The molecule has 1 saturated heterocycles.